The van der Waals surface area contributed by atoms with Crippen molar-refractivity contribution < 1.29 is 4.74 Å². The smallest absolute Gasteiger partial charge is 0.246 e. The van der Waals surface area contributed by atoms with Crippen LogP contribution in [0.3, 0.4) is 0 Å². The molecule has 0 aliphatic rings. The third-order valence-corrected chi connectivity index (χ3v) is 3.19. The zero-order chi connectivity index (χ0) is 15.4. The highest BCUT2D eigenvalue weighted by atomic mass is 32.1. The first-order chi connectivity index (χ1) is 10.0. The van der Waals surface area contributed by atoms with Gasteiger partial charge in [0.25, 0.3) is 0 Å². The number of hydrogen-bond acceptors (Lipinski definition) is 5. The van der Waals surface area contributed by atoms with E-state index in [1.165, 1.54) is 4.68 Å². The van der Waals surface area contributed by atoms with Gasteiger partial charge in [-0.15, -0.1) is 17.7 Å². The van der Waals surface area contributed by atoms with Crippen LogP contribution in [0.25, 0.3) is 0 Å². The Balaban J connectivity index is 2.44. The highest BCUT2D eigenvalue weighted by molar-refractivity contribution is 8.11. The van der Waals surface area contributed by atoms with E-state index in [1.807, 2.05) is 45.0 Å². The van der Waals surface area contributed by atoms with Crippen LogP contribution in [0.1, 0.15) is 18.2 Å². The molecule has 110 valence electrons. The number of aryl methyl sites for hydroxylation is 2. The fraction of sp³-hybridized carbons (Fsp3) is 0.286. The predicted molar refractivity (Wildman–Crippen MR) is 90.5 cm³/mol. The topological polar surface area (TPSA) is 51.8 Å². The largest absolute Gasteiger partial charge is 0.476 e. The third-order valence-electron chi connectivity index (χ3n) is 2.82. The summed E-state index contributed by atoms with van der Waals surface area (Å²) in [5.41, 5.74) is 3.11. The SMILES string of the molecule is CCOc1c(N=Nc2ccccc2C)c(C)nn1C(=S)S. The summed E-state index contributed by atoms with van der Waals surface area (Å²) < 4.78 is 7.33. The molecule has 0 amide bonds. The summed E-state index contributed by atoms with van der Waals surface area (Å²) in [4.78, 5) is 0. The molecule has 2 rings (SSSR count). The molecule has 0 unspecified atom stereocenters. The minimum atomic E-state index is 0.305. The van der Waals surface area contributed by atoms with Gasteiger partial charge in [-0.2, -0.15) is 14.9 Å². The van der Waals surface area contributed by atoms with E-state index in [0.29, 0.717) is 28.2 Å². The molecule has 0 aliphatic carbocycles. The van der Waals surface area contributed by atoms with Crippen molar-refractivity contribution in [2.75, 3.05) is 6.61 Å². The molecule has 5 nitrogen and oxygen atoms in total. The van der Waals surface area contributed by atoms with Crippen LogP contribution in [-0.4, -0.2) is 20.7 Å². The van der Waals surface area contributed by atoms with Crippen molar-refractivity contribution in [3.63, 3.8) is 0 Å². The van der Waals surface area contributed by atoms with E-state index in [0.717, 1.165) is 11.3 Å². The van der Waals surface area contributed by atoms with E-state index in [-0.39, 0.29) is 0 Å². The first-order valence-electron chi connectivity index (χ1n) is 6.47. The Hall–Kier alpha value is -1.73. The molecule has 1 aromatic carbocycles. The van der Waals surface area contributed by atoms with Gasteiger partial charge in [-0.3, -0.25) is 0 Å². The lowest BCUT2D eigenvalue weighted by atomic mass is 10.2. The molecule has 7 heteroatoms. The number of thiol groups is 1. The van der Waals surface area contributed by atoms with E-state index in [4.69, 9.17) is 17.0 Å². The molecule has 0 spiro atoms. The van der Waals surface area contributed by atoms with Gasteiger partial charge in [0.2, 0.25) is 5.88 Å². The number of benzene rings is 1. The molecule has 0 fully saturated rings. The van der Waals surface area contributed by atoms with Gasteiger partial charge in [0.05, 0.1) is 18.0 Å². The van der Waals surface area contributed by atoms with Crippen molar-refractivity contribution in [1.82, 2.24) is 9.78 Å². The number of rotatable bonds is 4. The minimum Gasteiger partial charge on any atom is -0.476 e. The minimum absolute atomic E-state index is 0.305. The summed E-state index contributed by atoms with van der Waals surface area (Å²) in [5.74, 6) is 0.465. The van der Waals surface area contributed by atoms with Crippen molar-refractivity contribution in [1.29, 1.82) is 0 Å². The van der Waals surface area contributed by atoms with Crippen LogP contribution in [0.4, 0.5) is 11.4 Å². The van der Waals surface area contributed by atoms with Crippen LogP contribution < -0.4 is 4.74 Å². The second-order valence-corrected chi connectivity index (χ2v) is 5.47. The number of thiocarbonyl (C=S) groups is 1. The van der Waals surface area contributed by atoms with Crippen molar-refractivity contribution in [3.8, 4) is 5.88 Å². The summed E-state index contributed by atoms with van der Waals surface area (Å²) in [5, 5.41) is 12.8. The van der Waals surface area contributed by atoms with Gasteiger partial charge in [0, 0.05) is 0 Å². The first kappa shape index (κ1) is 15.7. The van der Waals surface area contributed by atoms with Gasteiger partial charge < -0.3 is 4.74 Å². The molecule has 0 atom stereocenters. The summed E-state index contributed by atoms with van der Waals surface area (Å²) in [6.07, 6.45) is 0. The average molecular weight is 320 g/mol. The Labute approximate surface area is 134 Å². The molecule has 0 N–H and O–H groups in total. The zero-order valence-corrected chi connectivity index (χ0v) is 13.8. The van der Waals surface area contributed by atoms with Crippen LogP contribution in [0.15, 0.2) is 34.5 Å². The van der Waals surface area contributed by atoms with Crippen LogP contribution in [0.5, 0.6) is 5.88 Å². The first-order valence-corrected chi connectivity index (χ1v) is 7.33. The van der Waals surface area contributed by atoms with E-state index in [2.05, 4.69) is 28.0 Å². The third kappa shape index (κ3) is 3.48. The lowest BCUT2D eigenvalue weighted by molar-refractivity contribution is 0.321. The molecule has 0 saturated heterocycles. The van der Waals surface area contributed by atoms with Crippen molar-refractivity contribution in [2.45, 2.75) is 20.8 Å². The maximum atomic E-state index is 5.58. The lowest BCUT2D eigenvalue weighted by Crippen LogP contribution is -2.07. The van der Waals surface area contributed by atoms with Crippen LogP contribution in [0, 0.1) is 13.8 Å². The number of nitrogens with zero attached hydrogens (tertiary/aromatic N) is 4. The Morgan fingerprint density at radius 3 is 2.67 bits per heavy atom. The van der Waals surface area contributed by atoms with Gasteiger partial charge >= 0.3 is 0 Å². The van der Waals surface area contributed by atoms with E-state index in [1.54, 1.807) is 0 Å². The number of aromatic nitrogens is 2. The molecule has 1 heterocycles. The van der Waals surface area contributed by atoms with Crippen molar-refractivity contribution >= 4 is 40.5 Å². The Morgan fingerprint density at radius 2 is 2.05 bits per heavy atom. The molecule has 0 aliphatic heterocycles. The summed E-state index contributed by atoms with van der Waals surface area (Å²) in [6, 6.07) is 7.77. The van der Waals surface area contributed by atoms with Crippen LogP contribution in [-0.2, 0) is 0 Å². The summed E-state index contributed by atoms with van der Waals surface area (Å²) in [7, 11) is 0. The number of hydrogen-bond donors (Lipinski definition) is 1. The van der Waals surface area contributed by atoms with E-state index < -0.39 is 0 Å². The van der Waals surface area contributed by atoms with Crippen LogP contribution >= 0.6 is 24.8 Å². The molecular weight excluding hydrogens is 304 g/mol. The molecule has 0 bridgehead atoms. The molecule has 0 radical (unpaired) electrons. The Kier molecular flexibility index (Phi) is 5.08. The number of ether oxygens (including phenoxy) is 1. The molecule has 2 aromatic rings. The fourth-order valence-corrected chi connectivity index (χ4v) is 2.05. The highest BCUT2D eigenvalue weighted by Crippen LogP contribution is 2.33. The van der Waals surface area contributed by atoms with Gasteiger partial charge in [0.1, 0.15) is 0 Å². The van der Waals surface area contributed by atoms with Crippen molar-refractivity contribution in [2.24, 2.45) is 10.2 Å². The summed E-state index contributed by atoms with van der Waals surface area (Å²) in [6.45, 7) is 6.18. The number of azo groups is 1. The molecule has 0 saturated carbocycles. The van der Waals surface area contributed by atoms with Crippen LogP contribution in [0.2, 0.25) is 0 Å². The Morgan fingerprint density at radius 1 is 1.33 bits per heavy atom. The molecular formula is C14H16N4OS2. The quantitative estimate of drug-likeness (QED) is 0.517. The maximum absolute atomic E-state index is 5.58. The van der Waals surface area contributed by atoms with Gasteiger partial charge in [-0.1, -0.05) is 30.4 Å². The van der Waals surface area contributed by atoms with Gasteiger partial charge in [-0.25, -0.2) is 0 Å². The predicted octanol–water partition coefficient (Wildman–Crippen LogP) is 4.38. The second kappa shape index (κ2) is 6.82. The van der Waals surface area contributed by atoms with E-state index >= 15 is 0 Å². The average Bonchev–Trinajstić information content (AvgIpc) is 2.75. The van der Waals surface area contributed by atoms with Crippen molar-refractivity contribution in [3.05, 3.63) is 35.5 Å². The summed E-state index contributed by atoms with van der Waals surface area (Å²) >= 11 is 9.19. The van der Waals surface area contributed by atoms with Gasteiger partial charge in [-0.05, 0) is 32.4 Å². The monoisotopic (exact) mass is 320 g/mol. The fourth-order valence-electron chi connectivity index (χ4n) is 1.79. The Bertz CT molecular complexity index is 694. The second-order valence-electron chi connectivity index (χ2n) is 4.35. The highest BCUT2D eigenvalue weighted by Gasteiger charge is 2.18. The lowest BCUT2D eigenvalue weighted by Gasteiger charge is -2.05. The maximum Gasteiger partial charge on any atom is 0.246 e. The van der Waals surface area contributed by atoms with Gasteiger partial charge in [0.15, 0.2) is 10.0 Å². The van der Waals surface area contributed by atoms with E-state index in [9.17, 15) is 0 Å². The normalized spacial score (nSPS) is 11.0. The standard InChI is InChI=1S/C14H16N4OS2/c1-4-19-13-12(10(3)17-18(13)14(20)21)16-15-11-8-6-5-7-9(11)2/h5-8H,4H2,1-3H3,(H,20,21). The zero-order valence-electron chi connectivity index (χ0n) is 12.1. The molecule has 21 heavy (non-hydrogen) atoms. The molecule has 1 aromatic heterocycles.